The minimum absolute atomic E-state index is 0.340. The first-order chi connectivity index (χ1) is 7.50. The highest BCUT2D eigenvalue weighted by molar-refractivity contribution is 5.00. The molecule has 2 heteroatoms. The average Bonchev–Trinajstić information content (AvgIpc) is 2.44. The Kier molecular flexibility index (Phi) is 3.60. The molecule has 0 spiro atoms. The second-order valence-corrected chi connectivity index (χ2v) is 6.47. The van der Waals surface area contributed by atoms with Gasteiger partial charge < -0.3 is 10.0 Å². The van der Waals surface area contributed by atoms with Gasteiger partial charge in [-0.2, -0.15) is 0 Å². The Bertz CT molecular complexity index is 225. The van der Waals surface area contributed by atoms with Crippen LogP contribution in [0.4, 0.5) is 0 Å². The predicted octanol–water partition coefficient (Wildman–Crippen LogP) is 2.80. The van der Waals surface area contributed by atoms with Crippen LogP contribution in [-0.4, -0.2) is 34.7 Å². The van der Waals surface area contributed by atoms with Gasteiger partial charge >= 0.3 is 0 Å². The van der Waals surface area contributed by atoms with E-state index in [0.717, 1.165) is 25.2 Å². The molecule has 2 atom stereocenters. The highest BCUT2D eigenvalue weighted by atomic mass is 16.3. The topological polar surface area (TPSA) is 23.5 Å². The number of rotatable bonds is 4. The van der Waals surface area contributed by atoms with Crippen LogP contribution < -0.4 is 0 Å². The van der Waals surface area contributed by atoms with E-state index in [1.807, 2.05) is 0 Å². The molecule has 2 bridgehead atoms. The van der Waals surface area contributed by atoms with Crippen molar-refractivity contribution in [2.45, 2.75) is 76.5 Å². The monoisotopic (exact) mass is 225 g/mol. The van der Waals surface area contributed by atoms with Crippen LogP contribution in [0.3, 0.4) is 0 Å². The van der Waals surface area contributed by atoms with Gasteiger partial charge in [0.2, 0.25) is 0 Å². The number of fused-ring (bicyclic) bond motifs is 2. The highest BCUT2D eigenvalue weighted by Gasteiger charge is 2.45. The zero-order valence-corrected chi connectivity index (χ0v) is 11.1. The molecule has 2 unspecified atom stereocenters. The van der Waals surface area contributed by atoms with Crippen LogP contribution in [0, 0.1) is 5.92 Å². The molecule has 0 aliphatic carbocycles. The normalized spacial score (nSPS) is 39.6. The molecule has 2 heterocycles. The van der Waals surface area contributed by atoms with Gasteiger partial charge in [0, 0.05) is 12.1 Å². The molecule has 0 aromatic carbocycles. The van der Waals surface area contributed by atoms with E-state index >= 15 is 0 Å². The van der Waals surface area contributed by atoms with Crippen molar-refractivity contribution in [3.8, 4) is 0 Å². The molecule has 2 rings (SSSR count). The first-order valence-corrected chi connectivity index (χ1v) is 6.94. The van der Waals surface area contributed by atoms with Crippen molar-refractivity contribution in [2.24, 2.45) is 5.92 Å². The lowest BCUT2D eigenvalue weighted by Crippen LogP contribution is -2.49. The summed E-state index contributed by atoms with van der Waals surface area (Å²) in [5.74, 6) is 0.770. The van der Waals surface area contributed by atoms with Gasteiger partial charge in [-0.1, -0.05) is 26.7 Å². The second kappa shape index (κ2) is 4.66. The van der Waals surface area contributed by atoms with Gasteiger partial charge in [0.05, 0.1) is 5.60 Å². The molecule has 2 nitrogen and oxygen atoms in total. The van der Waals surface area contributed by atoms with E-state index in [9.17, 15) is 5.11 Å². The van der Waals surface area contributed by atoms with Gasteiger partial charge in [-0.15, -0.1) is 0 Å². The standard InChI is InChI=1S/C14H27NO/c1-11(2)5-4-8-14(16)9-12-6-7-13(10-14)15(12)3/h11-13,16H,4-10H2,1-3H3. The molecule has 0 radical (unpaired) electrons. The summed E-state index contributed by atoms with van der Waals surface area (Å²) in [7, 11) is 2.23. The average molecular weight is 225 g/mol. The molecule has 2 fully saturated rings. The molecule has 0 aromatic rings. The van der Waals surface area contributed by atoms with Gasteiger partial charge in [-0.3, -0.25) is 0 Å². The molecule has 2 aliphatic heterocycles. The van der Waals surface area contributed by atoms with Crippen LogP contribution in [0.1, 0.15) is 58.8 Å². The van der Waals surface area contributed by atoms with Crippen LogP contribution in [-0.2, 0) is 0 Å². The minimum atomic E-state index is -0.340. The van der Waals surface area contributed by atoms with E-state index in [-0.39, 0.29) is 5.60 Å². The molecular formula is C14H27NO. The van der Waals surface area contributed by atoms with Crippen molar-refractivity contribution in [1.29, 1.82) is 0 Å². The Morgan fingerprint density at radius 1 is 1.25 bits per heavy atom. The van der Waals surface area contributed by atoms with E-state index < -0.39 is 0 Å². The molecule has 2 aliphatic rings. The van der Waals surface area contributed by atoms with Gasteiger partial charge in [0.1, 0.15) is 0 Å². The Balaban J connectivity index is 1.85. The van der Waals surface area contributed by atoms with Crippen molar-refractivity contribution < 1.29 is 5.11 Å². The SMILES string of the molecule is CC(C)CCCC1(O)CC2CCC(C1)N2C. The summed E-state index contributed by atoms with van der Waals surface area (Å²) in [6, 6.07) is 1.31. The number of nitrogens with zero attached hydrogens (tertiary/aromatic N) is 1. The van der Waals surface area contributed by atoms with E-state index in [2.05, 4.69) is 25.8 Å². The van der Waals surface area contributed by atoms with Gasteiger partial charge in [-0.25, -0.2) is 0 Å². The number of hydrogen-bond donors (Lipinski definition) is 1. The molecule has 1 N–H and O–H groups in total. The van der Waals surface area contributed by atoms with E-state index in [1.165, 1.54) is 25.7 Å². The zero-order chi connectivity index (χ0) is 11.8. The number of piperidine rings is 1. The lowest BCUT2D eigenvalue weighted by atomic mass is 9.82. The lowest BCUT2D eigenvalue weighted by Gasteiger charge is -2.42. The van der Waals surface area contributed by atoms with Crippen molar-refractivity contribution in [1.82, 2.24) is 4.90 Å². The molecule has 2 saturated heterocycles. The molecule has 0 saturated carbocycles. The lowest BCUT2D eigenvalue weighted by molar-refractivity contribution is -0.0517. The molecule has 16 heavy (non-hydrogen) atoms. The Labute approximate surface area is 100 Å². The maximum Gasteiger partial charge on any atom is 0.0677 e. The third-order valence-corrected chi connectivity index (χ3v) is 4.64. The Hall–Kier alpha value is -0.0800. The van der Waals surface area contributed by atoms with Crippen molar-refractivity contribution in [2.75, 3.05) is 7.05 Å². The summed E-state index contributed by atoms with van der Waals surface area (Å²) in [4.78, 5) is 2.50. The van der Waals surface area contributed by atoms with E-state index in [1.54, 1.807) is 0 Å². The quantitative estimate of drug-likeness (QED) is 0.795. The fourth-order valence-electron chi connectivity index (χ4n) is 3.59. The summed E-state index contributed by atoms with van der Waals surface area (Å²) < 4.78 is 0. The first-order valence-electron chi connectivity index (χ1n) is 6.94. The third-order valence-electron chi connectivity index (χ3n) is 4.64. The highest BCUT2D eigenvalue weighted by Crippen LogP contribution is 2.41. The zero-order valence-electron chi connectivity index (χ0n) is 11.1. The molecular weight excluding hydrogens is 198 g/mol. The maximum absolute atomic E-state index is 10.7. The van der Waals surface area contributed by atoms with Crippen LogP contribution in [0.15, 0.2) is 0 Å². The third kappa shape index (κ3) is 2.60. The Morgan fingerprint density at radius 2 is 1.81 bits per heavy atom. The summed E-state index contributed by atoms with van der Waals surface area (Å²) in [5, 5.41) is 10.7. The van der Waals surface area contributed by atoms with Gasteiger partial charge in [0.15, 0.2) is 0 Å². The predicted molar refractivity (Wildman–Crippen MR) is 67.4 cm³/mol. The van der Waals surface area contributed by atoms with Crippen LogP contribution in [0.5, 0.6) is 0 Å². The smallest absolute Gasteiger partial charge is 0.0677 e. The minimum Gasteiger partial charge on any atom is -0.390 e. The van der Waals surface area contributed by atoms with Gasteiger partial charge in [0.25, 0.3) is 0 Å². The fourth-order valence-corrected chi connectivity index (χ4v) is 3.59. The summed E-state index contributed by atoms with van der Waals surface area (Å²) in [6.45, 7) is 4.53. The van der Waals surface area contributed by atoms with Crippen molar-refractivity contribution in [3.63, 3.8) is 0 Å². The van der Waals surface area contributed by atoms with Crippen LogP contribution in [0.2, 0.25) is 0 Å². The summed E-state index contributed by atoms with van der Waals surface area (Å²) in [6.07, 6.45) is 8.09. The van der Waals surface area contributed by atoms with Crippen LogP contribution in [0.25, 0.3) is 0 Å². The summed E-state index contributed by atoms with van der Waals surface area (Å²) in [5.41, 5.74) is -0.340. The van der Waals surface area contributed by atoms with E-state index in [0.29, 0.717) is 12.1 Å². The van der Waals surface area contributed by atoms with Crippen molar-refractivity contribution >= 4 is 0 Å². The maximum atomic E-state index is 10.7. The summed E-state index contributed by atoms with van der Waals surface area (Å²) >= 11 is 0. The first kappa shape index (κ1) is 12.4. The molecule has 0 amide bonds. The van der Waals surface area contributed by atoms with Crippen LogP contribution >= 0.6 is 0 Å². The largest absolute Gasteiger partial charge is 0.390 e. The molecule has 0 aromatic heterocycles. The number of aliphatic hydroxyl groups is 1. The Morgan fingerprint density at radius 3 is 2.31 bits per heavy atom. The van der Waals surface area contributed by atoms with E-state index in [4.69, 9.17) is 0 Å². The fraction of sp³-hybridized carbons (Fsp3) is 1.00. The van der Waals surface area contributed by atoms with Crippen molar-refractivity contribution in [3.05, 3.63) is 0 Å². The number of hydrogen-bond acceptors (Lipinski definition) is 2. The molecule has 94 valence electrons. The van der Waals surface area contributed by atoms with Gasteiger partial charge in [-0.05, 0) is 45.1 Å². The second-order valence-electron chi connectivity index (χ2n) is 6.47.